The highest BCUT2D eigenvalue weighted by atomic mass is 15.0. The van der Waals surface area contributed by atoms with E-state index < -0.39 is 0 Å². The minimum absolute atomic E-state index is 0.351. The van der Waals surface area contributed by atoms with Crippen LogP contribution in [-0.2, 0) is 11.8 Å². The predicted octanol–water partition coefficient (Wildman–Crippen LogP) is 6.82. The van der Waals surface area contributed by atoms with Gasteiger partial charge < -0.3 is 10.6 Å². The van der Waals surface area contributed by atoms with Crippen molar-refractivity contribution in [2.75, 3.05) is 19.6 Å². The van der Waals surface area contributed by atoms with Crippen LogP contribution in [0.25, 0.3) is 0 Å². The molecular formula is C30H50N2. The molecule has 0 spiro atoms. The lowest BCUT2D eigenvalue weighted by molar-refractivity contribution is 0.0260. The van der Waals surface area contributed by atoms with Gasteiger partial charge in [-0.05, 0) is 83.3 Å². The van der Waals surface area contributed by atoms with E-state index in [1.807, 2.05) is 0 Å². The summed E-state index contributed by atoms with van der Waals surface area (Å²) in [6.07, 6.45) is 10.9. The Morgan fingerprint density at radius 3 is 2.59 bits per heavy atom. The first-order valence-electron chi connectivity index (χ1n) is 13.8. The van der Waals surface area contributed by atoms with E-state index >= 15 is 0 Å². The average Bonchev–Trinajstić information content (AvgIpc) is 2.76. The third kappa shape index (κ3) is 4.69. The molecule has 2 fully saturated rings. The number of benzene rings is 1. The van der Waals surface area contributed by atoms with Gasteiger partial charge in [-0.1, -0.05) is 79.0 Å². The molecule has 3 aliphatic rings. The van der Waals surface area contributed by atoms with Gasteiger partial charge in [-0.2, -0.15) is 0 Å². The van der Waals surface area contributed by atoms with Crippen LogP contribution in [-0.4, -0.2) is 25.7 Å². The second-order valence-electron chi connectivity index (χ2n) is 12.6. The van der Waals surface area contributed by atoms with Gasteiger partial charge in [0.2, 0.25) is 0 Å². The van der Waals surface area contributed by atoms with Gasteiger partial charge in [-0.15, -0.1) is 0 Å². The summed E-state index contributed by atoms with van der Waals surface area (Å²) in [7, 11) is 0. The molecule has 0 saturated heterocycles. The third-order valence-electron chi connectivity index (χ3n) is 10.1. The second kappa shape index (κ2) is 9.79. The smallest absolute Gasteiger partial charge is 0.00957 e. The van der Waals surface area contributed by atoms with E-state index in [-0.39, 0.29) is 0 Å². The fraction of sp³-hybridized carbons (Fsp3) is 0.800. The number of rotatable bonds is 7. The van der Waals surface area contributed by atoms with Crippen LogP contribution in [0.15, 0.2) is 18.2 Å². The van der Waals surface area contributed by atoms with Crippen molar-refractivity contribution in [3.8, 4) is 0 Å². The zero-order chi connectivity index (χ0) is 22.9. The molecule has 3 unspecified atom stereocenters. The first-order chi connectivity index (χ1) is 15.2. The van der Waals surface area contributed by atoms with Crippen molar-refractivity contribution in [3.63, 3.8) is 0 Å². The van der Waals surface area contributed by atoms with Crippen LogP contribution in [0.4, 0.5) is 0 Å². The maximum Gasteiger partial charge on any atom is 0.00957 e. The number of hydrogen-bond donors (Lipinski definition) is 2. The van der Waals surface area contributed by atoms with Crippen LogP contribution in [0.2, 0.25) is 0 Å². The molecule has 0 bridgehead atoms. The summed E-state index contributed by atoms with van der Waals surface area (Å²) in [5.74, 6) is 3.11. The quantitative estimate of drug-likeness (QED) is 0.456. The van der Waals surface area contributed by atoms with Crippen molar-refractivity contribution in [2.45, 2.75) is 110 Å². The number of nitrogens with one attached hydrogen (secondary N) is 2. The van der Waals surface area contributed by atoms with E-state index in [4.69, 9.17) is 0 Å². The average molecular weight is 439 g/mol. The Balaban J connectivity index is 1.36. The van der Waals surface area contributed by atoms with Crippen LogP contribution in [0.3, 0.4) is 0 Å². The van der Waals surface area contributed by atoms with Crippen molar-refractivity contribution in [1.29, 1.82) is 0 Å². The molecule has 6 atom stereocenters. The van der Waals surface area contributed by atoms with Crippen LogP contribution >= 0.6 is 0 Å². The highest BCUT2D eigenvalue weighted by molar-refractivity contribution is 5.42. The molecule has 0 amide bonds. The SMILES string of the molecule is CC(C)c1ccc2c(c1)CC[C@H]1[C@](C)(CNCCNC3CCCC(C)C3C)CCC[C@]21C. The van der Waals surface area contributed by atoms with Gasteiger partial charge >= 0.3 is 0 Å². The monoisotopic (exact) mass is 438 g/mol. The van der Waals surface area contributed by atoms with Crippen molar-refractivity contribution < 1.29 is 0 Å². The van der Waals surface area contributed by atoms with E-state index in [9.17, 15) is 0 Å². The van der Waals surface area contributed by atoms with Gasteiger partial charge in [0.1, 0.15) is 0 Å². The van der Waals surface area contributed by atoms with Gasteiger partial charge in [-0.3, -0.25) is 0 Å². The van der Waals surface area contributed by atoms with Gasteiger partial charge in [0.05, 0.1) is 0 Å². The van der Waals surface area contributed by atoms with Gasteiger partial charge in [0, 0.05) is 25.7 Å². The molecule has 180 valence electrons. The Hall–Kier alpha value is -0.860. The van der Waals surface area contributed by atoms with Crippen molar-refractivity contribution in [2.24, 2.45) is 23.2 Å². The molecule has 0 aromatic heterocycles. The molecule has 3 aliphatic carbocycles. The van der Waals surface area contributed by atoms with Crippen LogP contribution in [0, 0.1) is 23.2 Å². The molecule has 32 heavy (non-hydrogen) atoms. The van der Waals surface area contributed by atoms with E-state index in [1.54, 1.807) is 11.1 Å². The Kier molecular flexibility index (Phi) is 7.42. The van der Waals surface area contributed by atoms with Gasteiger partial charge in [0.25, 0.3) is 0 Å². The maximum absolute atomic E-state index is 3.90. The molecule has 4 rings (SSSR count). The van der Waals surface area contributed by atoms with Gasteiger partial charge in [0.15, 0.2) is 0 Å². The van der Waals surface area contributed by atoms with Crippen LogP contribution in [0.1, 0.15) is 109 Å². The molecule has 1 aromatic carbocycles. The summed E-state index contributed by atoms with van der Waals surface area (Å²) in [6, 6.07) is 8.18. The molecule has 2 nitrogen and oxygen atoms in total. The zero-order valence-electron chi connectivity index (χ0n) is 21.9. The summed E-state index contributed by atoms with van der Waals surface area (Å²) in [4.78, 5) is 0. The Bertz CT molecular complexity index is 770. The Morgan fingerprint density at radius 2 is 1.81 bits per heavy atom. The second-order valence-corrected chi connectivity index (χ2v) is 12.6. The lowest BCUT2D eigenvalue weighted by atomic mass is 9.49. The van der Waals surface area contributed by atoms with Crippen molar-refractivity contribution >= 4 is 0 Å². The zero-order valence-corrected chi connectivity index (χ0v) is 21.9. The molecule has 2 N–H and O–H groups in total. The minimum atomic E-state index is 0.351. The van der Waals surface area contributed by atoms with Gasteiger partial charge in [-0.25, -0.2) is 0 Å². The molecule has 0 heterocycles. The summed E-state index contributed by atoms with van der Waals surface area (Å²) >= 11 is 0. The summed E-state index contributed by atoms with van der Waals surface area (Å²) in [5, 5.41) is 7.78. The topological polar surface area (TPSA) is 24.1 Å². The van der Waals surface area contributed by atoms with E-state index in [0.29, 0.717) is 16.7 Å². The lowest BCUT2D eigenvalue weighted by Crippen LogP contribution is -2.53. The van der Waals surface area contributed by atoms with E-state index in [2.05, 4.69) is 70.4 Å². The molecule has 0 radical (unpaired) electrons. The summed E-state index contributed by atoms with van der Waals surface area (Å²) in [5.41, 5.74) is 5.59. The van der Waals surface area contributed by atoms with Crippen molar-refractivity contribution in [3.05, 3.63) is 34.9 Å². The molecule has 0 aliphatic heterocycles. The van der Waals surface area contributed by atoms with Crippen LogP contribution in [0.5, 0.6) is 0 Å². The van der Waals surface area contributed by atoms with E-state index in [1.165, 1.54) is 63.5 Å². The largest absolute Gasteiger partial charge is 0.315 e. The predicted molar refractivity (Wildman–Crippen MR) is 138 cm³/mol. The Morgan fingerprint density at radius 1 is 1.00 bits per heavy atom. The first-order valence-corrected chi connectivity index (χ1v) is 13.8. The minimum Gasteiger partial charge on any atom is -0.315 e. The number of aryl methyl sites for hydroxylation is 1. The standard InChI is InChI=1S/C30H50N2/c1-21(2)24-11-13-26-25(19-24)12-14-28-29(5,15-8-16-30(26,28)6)20-31-17-18-32-27-10-7-9-22(3)23(27)4/h11,13,19,21-23,27-28,31-32H,7-10,12,14-18,20H2,1-6H3/t22?,23?,27?,28-,29-,30+/m0/s1. The molecular weight excluding hydrogens is 388 g/mol. The summed E-state index contributed by atoms with van der Waals surface area (Å²) < 4.78 is 0. The molecule has 2 saturated carbocycles. The third-order valence-corrected chi connectivity index (χ3v) is 10.1. The number of hydrogen-bond acceptors (Lipinski definition) is 2. The molecule has 2 heteroatoms. The Labute approximate surface area is 198 Å². The lowest BCUT2D eigenvalue weighted by Gasteiger charge is -2.55. The highest BCUT2D eigenvalue weighted by Crippen LogP contribution is 2.57. The maximum atomic E-state index is 3.90. The first kappa shape index (κ1) is 24.3. The van der Waals surface area contributed by atoms with E-state index in [0.717, 1.165) is 36.9 Å². The van der Waals surface area contributed by atoms with Crippen LogP contribution < -0.4 is 10.6 Å². The number of fused-ring (bicyclic) bond motifs is 3. The normalized spacial score (nSPS) is 37.2. The summed E-state index contributed by atoms with van der Waals surface area (Å²) in [6.45, 7) is 18.1. The van der Waals surface area contributed by atoms with Crippen molar-refractivity contribution in [1.82, 2.24) is 10.6 Å². The molecule has 1 aromatic rings. The fourth-order valence-corrected chi connectivity index (χ4v) is 7.80. The fourth-order valence-electron chi connectivity index (χ4n) is 7.80. The highest BCUT2D eigenvalue weighted by Gasteiger charge is 2.51.